The van der Waals surface area contributed by atoms with Crippen molar-refractivity contribution in [3.05, 3.63) is 156 Å². The van der Waals surface area contributed by atoms with Crippen LogP contribution in [-0.2, 0) is 16.2 Å². The second-order valence-corrected chi connectivity index (χ2v) is 25.9. The standard InChI is InChI=1S/C56H60N4OSi/c1-54(2,3)40-30-38(46-34-43(37-23-17-14-18-24-37)49(35-58-46)62(10,11)12)29-39(31-40)50-51-48(27-28-57-50)60(47-26-20-19-25-42(47)36-21-15-13-16-22-36)53(59-51)44-32-41(55(4,5)6)33-45(52(44)61)56(7,8)9/h13-35,61H,1-12H3. The van der Waals surface area contributed by atoms with Gasteiger partial charge in [0.1, 0.15) is 17.1 Å². The number of para-hydroxylation sites is 1. The minimum atomic E-state index is -1.74. The Balaban J connectivity index is 1.44. The van der Waals surface area contributed by atoms with Gasteiger partial charge in [-0.1, -0.05) is 167 Å². The second kappa shape index (κ2) is 15.7. The Morgan fingerprint density at radius 1 is 0.532 bits per heavy atom. The van der Waals surface area contributed by atoms with Gasteiger partial charge in [0.15, 0.2) is 0 Å². The molecule has 3 aromatic heterocycles. The number of fused-ring (bicyclic) bond motifs is 1. The van der Waals surface area contributed by atoms with Crippen LogP contribution < -0.4 is 5.19 Å². The van der Waals surface area contributed by atoms with Crippen molar-refractivity contribution in [1.29, 1.82) is 0 Å². The summed E-state index contributed by atoms with van der Waals surface area (Å²) >= 11 is 0. The maximum absolute atomic E-state index is 12.4. The Kier molecular flexibility index (Phi) is 10.8. The lowest BCUT2D eigenvalue weighted by Gasteiger charge is -2.27. The van der Waals surface area contributed by atoms with Crippen LogP contribution in [0.3, 0.4) is 0 Å². The Labute approximate surface area is 369 Å². The summed E-state index contributed by atoms with van der Waals surface area (Å²) in [6, 6.07) is 45.1. The molecule has 0 saturated heterocycles. The van der Waals surface area contributed by atoms with Gasteiger partial charge in [0.05, 0.1) is 36.2 Å². The number of pyridine rings is 2. The molecule has 314 valence electrons. The van der Waals surface area contributed by atoms with Crippen molar-refractivity contribution in [2.45, 2.75) is 98.2 Å². The fraction of sp³-hybridized carbons (Fsp3) is 0.268. The van der Waals surface area contributed by atoms with Gasteiger partial charge in [0.25, 0.3) is 0 Å². The zero-order valence-corrected chi connectivity index (χ0v) is 39.5. The average Bonchev–Trinajstić information content (AvgIpc) is 3.62. The largest absolute Gasteiger partial charge is 0.507 e. The maximum atomic E-state index is 12.4. The Morgan fingerprint density at radius 3 is 1.73 bits per heavy atom. The zero-order chi connectivity index (χ0) is 44.4. The average molecular weight is 833 g/mol. The van der Waals surface area contributed by atoms with E-state index in [0.717, 1.165) is 61.5 Å². The summed E-state index contributed by atoms with van der Waals surface area (Å²) in [5, 5.41) is 13.8. The highest BCUT2D eigenvalue weighted by Gasteiger charge is 2.30. The summed E-state index contributed by atoms with van der Waals surface area (Å²) in [4.78, 5) is 15.9. The minimum Gasteiger partial charge on any atom is -0.507 e. The number of hydrogen-bond donors (Lipinski definition) is 1. The van der Waals surface area contributed by atoms with Crippen molar-refractivity contribution in [3.8, 4) is 67.6 Å². The maximum Gasteiger partial charge on any atom is 0.149 e. The monoisotopic (exact) mass is 832 g/mol. The molecule has 5 aromatic carbocycles. The Morgan fingerprint density at radius 2 is 1.11 bits per heavy atom. The zero-order valence-electron chi connectivity index (χ0n) is 38.5. The molecule has 0 bridgehead atoms. The van der Waals surface area contributed by atoms with Gasteiger partial charge in [-0.25, -0.2) is 4.98 Å². The van der Waals surface area contributed by atoms with E-state index in [4.69, 9.17) is 15.0 Å². The van der Waals surface area contributed by atoms with Crippen LogP contribution in [0.2, 0.25) is 19.6 Å². The Hall–Kier alpha value is -6.11. The third-order valence-corrected chi connectivity index (χ3v) is 14.0. The highest BCUT2D eigenvalue weighted by atomic mass is 28.3. The first-order valence-electron chi connectivity index (χ1n) is 21.8. The molecule has 0 fully saturated rings. The van der Waals surface area contributed by atoms with E-state index >= 15 is 0 Å². The number of hydrogen-bond acceptors (Lipinski definition) is 4. The molecule has 5 nitrogen and oxygen atoms in total. The first-order valence-corrected chi connectivity index (χ1v) is 25.3. The van der Waals surface area contributed by atoms with Crippen molar-refractivity contribution in [1.82, 2.24) is 19.5 Å². The summed E-state index contributed by atoms with van der Waals surface area (Å²) in [6.45, 7) is 27.1. The number of phenolic OH excluding ortho intramolecular Hbond substituents is 1. The SMILES string of the molecule is CC(C)(C)c1cc(-c2cc(-c3ccccc3)c([Si](C)(C)C)cn2)cc(-c2nccc3c2nc(-c2cc(C(C)(C)C)cc(C(C)(C)C)c2O)n3-c2ccccc2-c2ccccc2)c1. The summed E-state index contributed by atoms with van der Waals surface area (Å²) in [7, 11) is -1.74. The number of aromatic nitrogens is 4. The molecule has 0 atom stereocenters. The second-order valence-electron chi connectivity index (χ2n) is 20.9. The van der Waals surface area contributed by atoms with Gasteiger partial charge >= 0.3 is 0 Å². The first kappa shape index (κ1) is 42.6. The van der Waals surface area contributed by atoms with E-state index in [1.807, 2.05) is 12.3 Å². The molecule has 0 aliphatic heterocycles. The van der Waals surface area contributed by atoms with Crippen molar-refractivity contribution >= 4 is 24.3 Å². The van der Waals surface area contributed by atoms with Crippen LogP contribution in [0.15, 0.2) is 140 Å². The van der Waals surface area contributed by atoms with Crippen molar-refractivity contribution < 1.29 is 5.11 Å². The fourth-order valence-electron chi connectivity index (χ4n) is 8.39. The normalized spacial score (nSPS) is 12.6. The number of imidazole rings is 1. The van der Waals surface area contributed by atoms with Crippen LogP contribution in [-0.4, -0.2) is 32.7 Å². The highest BCUT2D eigenvalue weighted by molar-refractivity contribution is 6.89. The van der Waals surface area contributed by atoms with Crippen LogP contribution in [0.4, 0.5) is 0 Å². The summed E-state index contributed by atoms with van der Waals surface area (Å²) in [5.41, 5.74) is 14.1. The molecular weight excluding hydrogens is 773 g/mol. The lowest BCUT2D eigenvalue weighted by atomic mass is 9.79. The molecular formula is C56H60N4OSi. The molecule has 0 radical (unpaired) electrons. The van der Waals surface area contributed by atoms with E-state index < -0.39 is 8.07 Å². The van der Waals surface area contributed by atoms with Crippen LogP contribution >= 0.6 is 0 Å². The summed E-state index contributed by atoms with van der Waals surface area (Å²) in [5.74, 6) is 0.905. The van der Waals surface area contributed by atoms with E-state index in [2.05, 4.69) is 214 Å². The van der Waals surface area contributed by atoms with Crippen molar-refractivity contribution in [3.63, 3.8) is 0 Å². The lowest BCUT2D eigenvalue weighted by Crippen LogP contribution is -2.39. The van der Waals surface area contributed by atoms with E-state index in [9.17, 15) is 5.11 Å². The molecule has 8 rings (SSSR count). The molecule has 0 aliphatic rings. The third-order valence-electron chi connectivity index (χ3n) is 12.0. The molecule has 6 heteroatoms. The number of benzene rings is 5. The minimum absolute atomic E-state index is 0.166. The summed E-state index contributed by atoms with van der Waals surface area (Å²) in [6.07, 6.45) is 4.02. The topological polar surface area (TPSA) is 63.8 Å². The molecule has 3 heterocycles. The molecule has 0 spiro atoms. The van der Waals surface area contributed by atoms with Crippen LogP contribution in [0, 0.1) is 0 Å². The van der Waals surface area contributed by atoms with Gasteiger partial charge in [-0.2, -0.15) is 0 Å². The predicted molar refractivity (Wildman–Crippen MR) is 265 cm³/mol. The van der Waals surface area contributed by atoms with E-state index in [1.165, 1.54) is 21.9 Å². The highest BCUT2D eigenvalue weighted by Crippen LogP contribution is 2.45. The predicted octanol–water partition coefficient (Wildman–Crippen LogP) is 14.3. The molecule has 8 aromatic rings. The molecule has 0 saturated carbocycles. The molecule has 62 heavy (non-hydrogen) atoms. The van der Waals surface area contributed by atoms with E-state index in [-0.39, 0.29) is 22.0 Å². The van der Waals surface area contributed by atoms with Gasteiger partial charge < -0.3 is 5.11 Å². The van der Waals surface area contributed by atoms with Gasteiger partial charge in [-0.05, 0) is 91.7 Å². The van der Waals surface area contributed by atoms with Gasteiger partial charge in [-0.15, -0.1) is 0 Å². The number of aromatic hydroxyl groups is 1. The lowest BCUT2D eigenvalue weighted by molar-refractivity contribution is 0.446. The molecule has 0 amide bonds. The van der Waals surface area contributed by atoms with Crippen LogP contribution in [0.5, 0.6) is 5.75 Å². The third kappa shape index (κ3) is 8.16. The molecule has 0 unspecified atom stereocenters. The molecule has 0 aliphatic carbocycles. The van der Waals surface area contributed by atoms with Crippen LogP contribution in [0.25, 0.3) is 72.9 Å². The first-order chi connectivity index (χ1) is 29.2. The van der Waals surface area contributed by atoms with Crippen molar-refractivity contribution in [2.24, 2.45) is 0 Å². The number of rotatable bonds is 7. The van der Waals surface area contributed by atoms with E-state index in [1.54, 1.807) is 0 Å². The number of phenols is 1. The number of nitrogens with zero attached hydrogens (tertiary/aromatic N) is 4. The Bertz CT molecular complexity index is 2940. The van der Waals surface area contributed by atoms with Gasteiger partial charge in [0.2, 0.25) is 0 Å². The quantitative estimate of drug-likeness (QED) is 0.163. The fourth-order valence-corrected chi connectivity index (χ4v) is 9.87. The summed E-state index contributed by atoms with van der Waals surface area (Å²) < 4.78 is 2.23. The smallest absolute Gasteiger partial charge is 0.149 e. The molecule has 1 N–H and O–H groups in total. The van der Waals surface area contributed by atoms with Crippen molar-refractivity contribution in [2.75, 3.05) is 0 Å². The van der Waals surface area contributed by atoms with E-state index in [0.29, 0.717) is 11.4 Å². The van der Waals surface area contributed by atoms with Crippen LogP contribution in [0.1, 0.15) is 79.0 Å². The van der Waals surface area contributed by atoms with Gasteiger partial charge in [0, 0.05) is 34.6 Å². The van der Waals surface area contributed by atoms with Gasteiger partial charge in [-0.3, -0.25) is 14.5 Å².